The van der Waals surface area contributed by atoms with Crippen LogP contribution in [0.2, 0.25) is 0 Å². The van der Waals surface area contributed by atoms with E-state index in [1.807, 2.05) is 31.2 Å². The number of benzene rings is 2. The Labute approximate surface area is 124 Å². The van der Waals surface area contributed by atoms with Gasteiger partial charge in [-0.05, 0) is 55.0 Å². The Hall–Kier alpha value is -2.55. The predicted octanol–water partition coefficient (Wildman–Crippen LogP) is 3.99. The van der Waals surface area contributed by atoms with E-state index in [1.54, 1.807) is 43.5 Å². The van der Waals surface area contributed by atoms with Gasteiger partial charge in [0.05, 0.1) is 13.7 Å². The lowest BCUT2D eigenvalue weighted by atomic mass is 10.1. The van der Waals surface area contributed by atoms with Gasteiger partial charge in [0.25, 0.3) is 0 Å². The Kier molecular flexibility index (Phi) is 5.16. The maximum Gasteiger partial charge on any atom is 0.185 e. The van der Waals surface area contributed by atoms with Crippen molar-refractivity contribution in [1.29, 1.82) is 0 Å². The van der Waals surface area contributed by atoms with Crippen LogP contribution in [0, 0.1) is 0 Å². The Morgan fingerprint density at radius 3 is 2.19 bits per heavy atom. The molecule has 3 heteroatoms. The highest BCUT2D eigenvalue weighted by Crippen LogP contribution is 2.15. The van der Waals surface area contributed by atoms with E-state index in [0.29, 0.717) is 12.2 Å². The summed E-state index contributed by atoms with van der Waals surface area (Å²) in [5.74, 6) is 1.53. The van der Waals surface area contributed by atoms with E-state index in [4.69, 9.17) is 9.47 Å². The van der Waals surface area contributed by atoms with Crippen molar-refractivity contribution < 1.29 is 14.3 Å². The molecule has 0 bridgehead atoms. The lowest BCUT2D eigenvalue weighted by Gasteiger charge is -2.02. The summed E-state index contributed by atoms with van der Waals surface area (Å²) in [6, 6.07) is 14.7. The molecule has 2 aromatic rings. The number of carbonyl (C=O) groups excluding carboxylic acids is 1. The fourth-order valence-corrected chi connectivity index (χ4v) is 1.87. The van der Waals surface area contributed by atoms with Crippen molar-refractivity contribution >= 4 is 11.9 Å². The minimum absolute atomic E-state index is 0.0356. The molecule has 0 saturated carbocycles. The molecule has 21 heavy (non-hydrogen) atoms. The van der Waals surface area contributed by atoms with Gasteiger partial charge < -0.3 is 9.47 Å². The standard InChI is InChI=1S/C18H18O3/c1-3-21-17-9-4-14(5-10-17)6-13-18(19)15-7-11-16(20-2)12-8-15/h4-13H,3H2,1-2H3/b13-6+. The molecule has 0 aromatic heterocycles. The Morgan fingerprint density at radius 2 is 1.62 bits per heavy atom. The van der Waals surface area contributed by atoms with Crippen LogP contribution in [0.25, 0.3) is 6.08 Å². The number of ether oxygens (including phenoxy) is 2. The number of rotatable bonds is 6. The molecule has 0 radical (unpaired) electrons. The molecule has 108 valence electrons. The summed E-state index contributed by atoms with van der Waals surface area (Å²) in [6.07, 6.45) is 3.36. The minimum Gasteiger partial charge on any atom is -0.497 e. The molecule has 0 saturated heterocycles. The summed E-state index contributed by atoms with van der Waals surface area (Å²) in [5, 5.41) is 0. The number of carbonyl (C=O) groups is 1. The van der Waals surface area contributed by atoms with Gasteiger partial charge in [-0.15, -0.1) is 0 Å². The van der Waals surface area contributed by atoms with Crippen LogP contribution < -0.4 is 9.47 Å². The van der Waals surface area contributed by atoms with E-state index in [1.165, 1.54) is 0 Å². The first-order valence-corrected chi connectivity index (χ1v) is 6.82. The van der Waals surface area contributed by atoms with Crippen LogP contribution in [0.15, 0.2) is 54.6 Å². The first-order chi connectivity index (χ1) is 10.2. The average Bonchev–Trinajstić information content (AvgIpc) is 2.54. The lowest BCUT2D eigenvalue weighted by molar-refractivity contribution is 0.104. The molecule has 0 amide bonds. The van der Waals surface area contributed by atoms with E-state index in [-0.39, 0.29) is 5.78 Å². The number of hydrogen-bond donors (Lipinski definition) is 0. The fourth-order valence-electron chi connectivity index (χ4n) is 1.87. The van der Waals surface area contributed by atoms with Crippen molar-refractivity contribution in [3.05, 3.63) is 65.7 Å². The van der Waals surface area contributed by atoms with Gasteiger partial charge in [-0.25, -0.2) is 0 Å². The zero-order valence-electron chi connectivity index (χ0n) is 12.2. The van der Waals surface area contributed by atoms with E-state index in [2.05, 4.69) is 0 Å². The summed E-state index contributed by atoms with van der Waals surface area (Å²) in [5.41, 5.74) is 1.60. The van der Waals surface area contributed by atoms with Crippen LogP contribution in [0.4, 0.5) is 0 Å². The first-order valence-electron chi connectivity index (χ1n) is 6.82. The van der Waals surface area contributed by atoms with Gasteiger partial charge in [-0.2, -0.15) is 0 Å². The molecule has 0 aliphatic heterocycles. The molecule has 0 aliphatic rings. The molecule has 2 aromatic carbocycles. The van der Waals surface area contributed by atoms with Crippen molar-refractivity contribution in [2.45, 2.75) is 6.92 Å². The minimum atomic E-state index is -0.0356. The third-order valence-corrected chi connectivity index (χ3v) is 2.99. The summed E-state index contributed by atoms with van der Waals surface area (Å²) in [6.45, 7) is 2.59. The quantitative estimate of drug-likeness (QED) is 0.593. The number of methoxy groups -OCH3 is 1. The van der Waals surface area contributed by atoms with E-state index < -0.39 is 0 Å². The molecule has 0 unspecified atom stereocenters. The maximum absolute atomic E-state index is 12.0. The third kappa shape index (κ3) is 4.21. The summed E-state index contributed by atoms with van der Waals surface area (Å²) >= 11 is 0. The smallest absolute Gasteiger partial charge is 0.185 e. The van der Waals surface area contributed by atoms with Gasteiger partial charge in [0, 0.05) is 5.56 Å². The monoisotopic (exact) mass is 282 g/mol. The van der Waals surface area contributed by atoms with Crippen molar-refractivity contribution in [1.82, 2.24) is 0 Å². The largest absolute Gasteiger partial charge is 0.497 e. The molecule has 0 N–H and O–H groups in total. The average molecular weight is 282 g/mol. The molecule has 0 spiro atoms. The van der Waals surface area contributed by atoms with Gasteiger partial charge in [-0.3, -0.25) is 4.79 Å². The van der Waals surface area contributed by atoms with Crippen molar-refractivity contribution in [2.24, 2.45) is 0 Å². The Balaban J connectivity index is 2.03. The molecule has 2 rings (SSSR count). The van der Waals surface area contributed by atoms with E-state index >= 15 is 0 Å². The van der Waals surface area contributed by atoms with Crippen LogP contribution >= 0.6 is 0 Å². The Morgan fingerprint density at radius 1 is 1.00 bits per heavy atom. The molecule has 0 heterocycles. The summed E-state index contributed by atoms with van der Waals surface area (Å²) < 4.78 is 10.4. The van der Waals surface area contributed by atoms with Crippen molar-refractivity contribution in [3.63, 3.8) is 0 Å². The maximum atomic E-state index is 12.0. The molecule has 3 nitrogen and oxygen atoms in total. The molecule has 0 aliphatic carbocycles. The molecule has 0 fully saturated rings. The highest BCUT2D eigenvalue weighted by atomic mass is 16.5. The van der Waals surface area contributed by atoms with Gasteiger partial charge in [0.1, 0.15) is 11.5 Å². The second-order valence-electron chi connectivity index (χ2n) is 4.43. The van der Waals surface area contributed by atoms with Crippen molar-refractivity contribution in [3.8, 4) is 11.5 Å². The number of allylic oxidation sites excluding steroid dienone is 1. The van der Waals surface area contributed by atoms with Crippen LogP contribution in [0.3, 0.4) is 0 Å². The van der Waals surface area contributed by atoms with Crippen LogP contribution in [0.1, 0.15) is 22.8 Å². The van der Waals surface area contributed by atoms with Crippen LogP contribution in [0.5, 0.6) is 11.5 Å². The molecule has 0 atom stereocenters. The first kappa shape index (κ1) is 14.9. The summed E-state index contributed by atoms with van der Waals surface area (Å²) in [4.78, 5) is 12.0. The zero-order valence-corrected chi connectivity index (χ0v) is 12.2. The second kappa shape index (κ2) is 7.29. The highest BCUT2D eigenvalue weighted by molar-refractivity contribution is 6.06. The van der Waals surface area contributed by atoms with Crippen LogP contribution in [-0.2, 0) is 0 Å². The van der Waals surface area contributed by atoms with E-state index in [0.717, 1.165) is 17.1 Å². The van der Waals surface area contributed by atoms with Crippen LogP contribution in [-0.4, -0.2) is 19.5 Å². The Bertz CT molecular complexity index is 610. The molecular weight excluding hydrogens is 264 g/mol. The normalized spacial score (nSPS) is 10.6. The summed E-state index contributed by atoms with van der Waals surface area (Å²) in [7, 11) is 1.60. The second-order valence-corrected chi connectivity index (χ2v) is 4.43. The van der Waals surface area contributed by atoms with Gasteiger partial charge in [0.15, 0.2) is 5.78 Å². The topological polar surface area (TPSA) is 35.5 Å². The zero-order chi connectivity index (χ0) is 15.1. The number of ketones is 1. The molecular formula is C18H18O3. The third-order valence-electron chi connectivity index (χ3n) is 2.99. The van der Waals surface area contributed by atoms with Gasteiger partial charge >= 0.3 is 0 Å². The van der Waals surface area contributed by atoms with Gasteiger partial charge in [0.2, 0.25) is 0 Å². The number of hydrogen-bond acceptors (Lipinski definition) is 3. The van der Waals surface area contributed by atoms with E-state index in [9.17, 15) is 4.79 Å². The predicted molar refractivity (Wildman–Crippen MR) is 84.0 cm³/mol. The highest BCUT2D eigenvalue weighted by Gasteiger charge is 2.01. The van der Waals surface area contributed by atoms with Gasteiger partial charge in [-0.1, -0.05) is 18.2 Å². The fraction of sp³-hybridized carbons (Fsp3) is 0.167. The SMILES string of the molecule is CCOc1ccc(/C=C/C(=O)c2ccc(OC)cc2)cc1. The van der Waals surface area contributed by atoms with Crippen molar-refractivity contribution in [2.75, 3.05) is 13.7 Å². The lowest BCUT2D eigenvalue weighted by Crippen LogP contribution is -1.94.